The smallest absolute Gasteiger partial charge is 0.462 e. The molecule has 0 amide bonds. The van der Waals surface area contributed by atoms with Gasteiger partial charge in [0, 0.05) is 12.8 Å². The molecule has 1 rings (SSSR count). The Hall–Kier alpha value is -3.31. The first-order chi connectivity index (χ1) is 30.2. The molecule has 0 spiro atoms. The molecule has 1 aliphatic carbocycles. The van der Waals surface area contributed by atoms with Gasteiger partial charge in [0.05, 0.1) is 18.8 Å². The van der Waals surface area contributed by atoms with Gasteiger partial charge in [-0.25, -0.2) is 4.57 Å². The lowest BCUT2D eigenvalue weighted by atomic mass is 9.85. The SMILES string of the molecule is CC/C=C\C[C@H](O)/C=C/C=C\C=C\[C@H](O)C/C=C\C/C=C\CCC(=O)O[C@H](COC(=O)CCCCCCC/C=C\C/C=C\CCC)COP(=O)(O)OC1[C@H](O)[C@H](O)C(O)[C@H](O)[C@H]1O. The van der Waals surface area contributed by atoms with Gasteiger partial charge in [0.1, 0.15) is 43.2 Å². The van der Waals surface area contributed by atoms with Crippen LogP contribution in [0.3, 0.4) is 0 Å². The molecule has 63 heavy (non-hydrogen) atoms. The minimum Gasteiger partial charge on any atom is -0.462 e. The number of unbranched alkanes of at least 4 members (excludes halogenated alkanes) is 6. The first-order valence-electron chi connectivity index (χ1n) is 22.3. The van der Waals surface area contributed by atoms with Gasteiger partial charge in [-0.15, -0.1) is 0 Å². The number of carbonyl (C=O) groups is 2. The number of allylic oxidation sites excluding steroid dienone is 12. The van der Waals surface area contributed by atoms with Crippen LogP contribution in [0.25, 0.3) is 0 Å². The number of hydrogen-bond acceptors (Lipinski definition) is 14. The molecule has 0 saturated heterocycles. The van der Waals surface area contributed by atoms with Crippen molar-refractivity contribution in [2.24, 2.45) is 0 Å². The Morgan fingerprint density at radius 2 is 1.11 bits per heavy atom. The van der Waals surface area contributed by atoms with Crippen molar-refractivity contribution in [2.45, 2.75) is 172 Å². The zero-order valence-electron chi connectivity index (χ0n) is 37.0. The third kappa shape index (κ3) is 29.0. The average molecular weight is 911 g/mol. The molecule has 0 aromatic carbocycles. The van der Waals surface area contributed by atoms with E-state index in [0.717, 1.165) is 57.8 Å². The van der Waals surface area contributed by atoms with Crippen LogP contribution in [0, 0.1) is 0 Å². The maximum absolute atomic E-state index is 12.8. The van der Waals surface area contributed by atoms with E-state index in [0.29, 0.717) is 25.7 Å². The fourth-order valence-electron chi connectivity index (χ4n) is 5.94. The van der Waals surface area contributed by atoms with E-state index in [1.807, 2.05) is 37.3 Å². The fourth-order valence-corrected chi connectivity index (χ4v) is 6.91. The zero-order chi connectivity index (χ0) is 46.7. The summed E-state index contributed by atoms with van der Waals surface area (Å²) in [6.07, 6.45) is 26.8. The van der Waals surface area contributed by atoms with Crippen LogP contribution >= 0.6 is 7.82 Å². The number of phosphoric ester groups is 1. The van der Waals surface area contributed by atoms with E-state index in [9.17, 15) is 54.8 Å². The van der Waals surface area contributed by atoms with Crippen LogP contribution in [0.15, 0.2) is 97.2 Å². The predicted molar refractivity (Wildman–Crippen MR) is 242 cm³/mol. The number of ether oxygens (including phenoxy) is 2. The summed E-state index contributed by atoms with van der Waals surface area (Å²) >= 11 is 0. The van der Waals surface area contributed by atoms with Crippen LogP contribution in [-0.2, 0) is 32.7 Å². The molecule has 3 unspecified atom stereocenters. The molecular formula is C47H75O15P. The lowest BCUT2D eigenvalue weighted by Gasteiger charge is -2.41. The van der Waals surface area contributed by atoms with Crippen molar-refractivity contribution in [3.05, 3.63) is 97.2 Å². The summed E-state index contributed by atoms with van der Waals surface area (Å²) in [6.45, 7) is 2.86. The van der Waals surface area contributed by atoms with E-state index in [4.69, 9.17) is 18.5 Å². The summed E-state index contributed by atoms with van der Waals surface area (Å²) in [5, 5.41) is 70.1. The molecule has 1 fully saturated rings. The molecule has 0 aliphatic heterocycles. The molecule has 10 atom stereocenters. The number of phosphoric acid groups is 1. The van der Waals surface area contributed by atoms with Gasteiger partial charge in [-0.2, -0.15) is 0 Å². The molecule has 16 heteroatoms. The maximum atomic E-state index is 12.8. The second-order valence-electron chi connectivity index (χ2n) is 15.2. The Balaban J connectivity index is 2.60. The van der Waals surface area contributed by atoms with E-state index in [2.05, 4.69) is 31.2 Å². The minimum absolute atomic E-state index is 0.0939. The van der Waals surface area contributed by atoms with E-state index >= 15 is 0 Å². The minimum atomic E-state index is -5.17. The standard InChI is InChI=1S/C47H75O15P/c1-3-5-7-8-9-10-11-12-13-14-15-19-27-33-40(50)59-35-39(36-60-63(57,58)62-47-45(55)43(53)42(52)44(54)46(47)56)61-41(51)34-28-20-17-16-18-24-30-38(49)32-26-22-21-25-31-37(48)29-23-6-4-2/h6-8,10-11,17-18,20-26,31-32,37-39,42-49,52-56H,3-5,9,12-16,19,27-30,33-36H2,1-2H3,(H,57,58)/b8-7-,11-10-,20-17-,22-21-,23-6-,24-18-,31-25+,32-26+/t37-,38+,39+,42?,43-,44+,45+,46+,47?/m0/s1. The van der Waals surface area contributed by atoms with Crippen molar-refractivity contribution in [3.63, 3.8) is 0 Å². The largest absolute Gasteiger partial charge is 0.472 e. The highest BCUT2D eigenvalue weighted by Crippen LogP contribution is 2.47. The van der Waals surface area contributed by atoms with Crippen molar-refractivity contribution in [2.75, 3.05) is 13.2 Å². The van der Waals surface area contributed by atoms with Crippen LogP contribution in [-0.4, -0.2) is 121 Å². The molecule has 0 heterocycles. The Morgan fingerprint density at radius 1 is 0.587 bits per heavy atom. The van der Waals surface area contributed by atoms with Crippen LogP contribution in [0.4, 0.5) is 0 Å². The second-order valence-corrected chi connectivity index (χ2v) is 16.6. The Bertz CT molecular complexity index is 1500. The van der Waals surface area contributed by atoms with Gasteiger partial charge in [-0.3, -0.25) is 18.6 Å². The fraction of sp³-hybridized carbons (Fsp3) is 0.617. The summed E-state index contributed by atoms with van der Waals surface area (Å²) in [7, 11) is -5.17. The van der Waals surface area contributed by atoms with Crippen molar-refractivity contribution in [1.29, 1.82) is 0 Å². The Morgan fingerprint density at radius 3 is 1.71 bits per heavy atom. The van der Waals surface area contributed by atoms with Crippen LogP contribution in [0.2, 0.25) is 0 Å². The zero-order valence-corrected chi connectivity index (χ0v) is 37.9. The van der Waals surface area contributed by atoms with E-state index < -0.39 is 87.9 Å². The molecule has 0 aromatic rings. The summed E-state index contributed by atoms with van der Waals surface area (Å²) in [5.74, 6) is -1.30. The quantitative estimate of drug-likeness (QED) is 0.0117. The van der Waals surface area contributed by atoms with Crippen molar-refractivity contribution in [1.82, 2.24) is 0 Å². The summed E-state index contributed by atoms with van der Waals surface area (Å²) in [4.78, 5) is 35.6. The summed E-state index contributed by atoms with van der Waals surface area (Å²) < 4.78 is 33.3. The molecule has 8 N–H and O–H groups in total. The first kappa shape index (κ1) is 57.7. The third-order valence-corrected chi connectivity index (χ3v) is 10.6. The van der Waals surface area contributed by atoms with E-state index in [-0.39, 0.29) is 19.3 Å². The van der Waals surface area contributed by atoms with Crippen LogP contribution < -0.4 is 0 Å². The van der Waals surface area contributed by atoms with Gasteiger partial charge in [0.15, 0.2) is 6.10 Å². The molecule has 15 nitrogen and oxygen atoms in total. The number of aliphatic hydroxyl groups is 7. The summed E-state index contributed by atoms with van der Waals surface area (Å²) in [6, 6.07) is 0. The third-order valence-electron chi connectivity index (χ3n) is 9.57. The average Bonchev–Trinajstić information content (AvgIpc) is 3.25. The van der Waals surface area contributed by atoms with Crippen LogP contribution in [0.1, 0.15) is 117 Å². The number of aliphatic hydroxyl groups excluding tert-OH is 7. The normalized spacial score (nSPS) is 23.7. The van der Waals surface area contributed by atoms with E-state index in [1.165, 1.54) is 0 Å². The number of rotatable bonds is 34. The van der Waals surface area contributed by atoms with Crippen LogP contribution in [0.5, 0.6) is 0 Å². The Kier molecular flexibility index (Phi) is 32.9. The Labute approximate surface area is 374 Å². The van der Waals surface area contributed by atoms with Crippen molar-refractivity contribution in [3.8, 4) is 0 Å². The number of esters is 2. The maximum Gasteiger partial charge on any atom is 0.472 e. The number of carbonyl (C=O) groups excluding carboxylic acids is 2. The van der Waals surface area contributed by atoms with Crippen molar-refractivity contribution < 1.29 is 73.3 Å². The van der Waals surface area contributed by atoms with Gasteiger partial charge in [-0.1, -0.05) is 137 Å². The van der Waals surface area contributed by atoms with Gasteiger partial charge in [-0.05, 0) is 64.2 Å². The van der Waals surface area contributed by atoms with Gasteiger partial charge < -0.3 is 50.1 Å². The van der Waals surface area contributed by atoms with Gasteiger partial charge >= 0.3 is 19.8 Å². The second kappa shape index (κ2) is 36.0. The van der Waals surface area contributed by atoms with Gasteiger partial charge in [0.2, 0.25) is 0 Å². The lowest BCUT2D eigenvalue weighted by Crippen LogP contribution is -2.64. The molecule has 1 aliphatic rings. The summed E-state index contributed by atoms with van der Waals surface area (Å²) in [5.41, 5.74) is 0. The highest BCUT2D eigenvalue weighted by atomic mass is 31.2. The highest BCUT2D eigenvalue weighted by molar-refractivity contribution is 7.47. The molecule has 0 radical (unpaired) electrons. The lowest BCUT2D eigenvalue weighted by molar-refractivity contribution is -0.220. The number of hydrogen-bond donors (Lipinski definition) is 8. The molecular weight excluding hydrogens is 835 g/mol. The molecule has 0 aromatic heterocycles. The first-order valence-corrected chi connectivity index (χ1v) is 23.8. The van der Waals surface area contributed by atoms with Crippen molar-refractivity contribution >= 4 is 19.8 Å². The monoisotopic (exact) mass is 910 g/mol. The molecule has 0 bridgehead atoms. The van der Waals surface area contributed by atoms with E-state index in [1.54, 1.807) is 42.5 Å². The molecule has 1 saturated carbocycles. The van der Waals surface area contributed by atoms with Gasteiger partial charge in [0.25, 0.3) is 0 Å². The highest BCUT2D eigenvalue weighted by Gasteiger charge is 2.51. The molecule has 358 valence electrons. The topological polar surface area (TPSA) is 250 Å². The predicted octanol–water partition coefficient (Wildman–Crippen LogP) is 6.21.